The van der Waals surface area contributed by atoms with Gasteiger partial charge in [-0.2, -0.15) is 5.10 Å². The van der Waals surface area contributed by atoms with E-state index in [-0.39, 0.29) is 60.9 Å². The zero-order valence-electron chi connectivity index (χ0n) is 28.5. The summed E-state index contributed by atoms with van der Waals surface area (Å²) in [6.45, 7) is 12.2. The number of aromatic nitrogens is 2. The van der Waals surface area contributed by atoms with Gasteiger partial charge in [0.2, 0.25) is 0 Å². The number of likely N-dealkylation sites (tertiary alicyclic amines) is 1. The Bertz CT molecular complexity index is 1390. The minimum atomic E-state index is -0.765. The van der Waals surface area contributed by atoms with Crippen LogP contribution >= 0.6 is 37.2 Å². The fourth-order valence-corrected chi connectivity index (χ4v) is 7.93. The number of carboxylic acid groups (broad SMARTS) is 1. The molecule has 1 saturated carbocycles. The summed E-state index contributed by atoms with van der Waals surface area (Å²) in [5.41, 5.74) is 6.22. The summed E-state index contributed by atoms with van der Waals surface area (Å²) in [5.74, 6) is 0.122. The van der Waals surface area contributed by atoms with Crippen molar-refractivity contribution in [3.8, 4) is 0 Å². The molecule has 2 aromatic carbocycles. The summed E-state index contributed by atoms with van der Waals surface area (Å²) in [6.07, 6.45) is 5.91. The first kappa shape index (κ1) is 41.0. The van der Waals surface area contributed by atoms with Gasteiger partial charge in [0.25, 0.3) is 0 Å². The maximum atomic E-state index is 14.3. The maximum Gasteiger partial charge on any atom is 0.321 e. The molecule has 1 aliphatic heterocycles. The molecule has 2 heterocycles. The van der Waals surface area contributed by atoms with Crippen molar-refractivity contribution < 1.29 is 14.3 Å². The lowest BCUT2D eigenvalue weighted by molar-refractivity contribution is -0.145. The zero-order valence-corrected chi connectivity index (χ0v) is 30.9. The largest absolute Gasteiger partial charge is 0.480 e. The second-order valence-corrected chi connectivity index (χ2v) is 13.5. The lowest BCUT2D eigenvalue weighted by Crippen LogP contribution is -2.47. The van der Waals surface area contributed by atoms with E-state index >= 15 is 0 Å². The number of benzene rings is 2. The Balaban J connectivity index is 0.00000256. The molecule has 0 radical (unpaired) electrons. The minimum absolute atomic E-state index is 0. The third kappa shape index (κ3) is 9.95. The van der Waals surface area contributed by atoms with E-state index in [1.807, 2.05) is 33.0 Å². The van der Waals surface area contributed by atoms with Crippen LogP contribution in [0.1, 0.15) is 93.3 Å². The Kier molecular flexibility index (Phi) is 16.2. The molecule has 1 saturated heterocycles. The first-order valence-corrected chi connectivity index (χ1v) is 16.7. The van der Waals surface area contributed by atoms with E-state index < -0.39 is 12.0 Å². The Morgan fingerprint density at radius 2 is 1.66 bits per heavy atom. The van der Waals surface area contributed by atoms with Gasteiger partial charge in [-0.3, -0.25) is 14.4 Å². The van der Waals surface area contributed by atoms with Crippen LogP contribution in [0.25, 0.3) is 0 Å². The average Bonchev–Trinajstić information content (AvgIpc) is 3.62. The van der Waals surface area contributed by atoms with Crippen molar-refractivity contribution in [2.75, 3.05) is 26.7 Å². The Hall–Kier alpha value is -2.16. The average molecular weight is 712 g/mol. The SMILES string of the molecule is CCc1ccc(Cc2cc(C3CCN(CC4CC(N(C)[C@@H](C(=O)O)C(C)C)CC4c4cccc(F)c4)CC3)n(CC)n2)cc1.Cl.Cl.Cl. The van der Waals surface area contributed by atoms with Crippen LogP contribution in [-0.2, 0) is 24.2 Å². The molecule has 2 fully saturated rings. The number of halogens is 4. The quantitative estimate of drug-likeness (QED) is 0.205. The van der Waals surface area contributed by atoms with E-state index in [0.29, 0.717) is 11.8 Å². The van der Waals surface area contributed by atoms with Crippen LogP contribution in [0, 0.1) is 17.7 Å². The van der Waals surface area contributed by atoms with E-state index in [1.165, 1.54) is 22.9 Å². The molecule has 1 N–H and O–H groups in total. The number of carbonyl (C=O) groups is 1. The maximum absolute atomic E-state index is 14.3. The van der Waals surface area contributed by atoms with E-state index in [0.717, 1.165) is 76.0 Å². The summed E-state index contributed by atoms with van der Waals surface area (Å²) < 4.78 is 16.5. The van der Waals surface area contributed by atoms with Crippen LogP contribution < -0.4 is 0 Å². The molecule has 6 nitrogen and oxygen atoms in total. The smallest absolute Gasteiger partial charge is 0.321 e. The number of piperidine rings is 1. The number of aryl methyl sites for hydroxylation is 2. The fraction of sp³-hybridized carbons (Fsp3) is 0.568. The number of rotatable bonds is 12. The van der Waals surface area contributed by atoms with Gasteiger partial charge < -0.3 is 10.0 Å². The molecule has 3 unspecified atom stereocenters. The second-order valence-electron chi connectivity index (χ2n) is 13.5. The highest BCUT2D eigenvalue weighted by Gasteiger charge is 2.42. The number of carboxylic acids is 1. The van der Waals surface area contributed by atoms with Gasteiger partial charge in [-0.25, -0.2) is 4.39 Å². The van der Waals surface area contributed by atoms with Crippen molar-refractivity contribution >= 4 is 43.2 Å². The molecule has 47 heavy (non-hydrogen) atoms. The normalized spacial score (nSPS) is 20.8. The van der Waals surface area contributed by atoms with E-state index in [2.05, 4.69) is 58.7 Å². The summed E-state index contributed by atoms with van der Waals surface area (Å²) in [7, 11) is 1.96. The summed E-state index contributed by atoms with van der Waals surface area (Å²) in [4.78, 5) is 16.8. The molecule has 10 heteroatoms. The highest BCUT2D eigenvalue weighted by atomic mass is 35.5. The van der Waals surface area contributed by atoms with Crippen LogP contribution in [0.3, 0.4) is 0 Å². The van der Waals surface area contributed by atoms with E-state index in [9.17, 15) is 14.3 Å². The van der Waals surface area contributed by atoms with Crippen LogP contribution in [0.5, 0.6) is 0 Å². The predicted octanol–water partition coefficient (Wildman–Crippen LogP) is 8.24. The lowest BCUT2D eigenvalue weighted by Gasteiger charge is -2.35. The highest BCUT2D eigenvalue weighted by molar-refractivity contribution is 5.86. The van der Waals surface area contributed by atoms with E-state index in [1.54, 1.807) is 6.07 Å². The van der Waals surface area contributed by atoms with Crippen LogP contribution in [0.15, 0.2) is 54.6 Å². The van der Waals surface area contributed by atoms with Crippen molar-refractivity contribution in [1.29, 1.82) is 0 Å². The van der Waals surface area contributed by atoms with Gasteiger partial charge in [0.05, 0.1) is 5.69 Å². The number of hydrogen-bond acceptors (Lipinski definition) is 4. The number of likely N-dealkylation sites (N-methyl/N-ethyl adjacent to an activating group) is 1. The lowest BCUT2D eigenvalue weighted by atomic mass is 9.87. The van der Waals surface area contributed by atoms with Gasteiger partial charge >= 0.3 is 5.97 Å². The minimum Gasteiger partial charge on any atom is -0.480 e. The highest BCUT2D eigenvalue weighted by Crippen LogP contribution is 2.43. The van der Waals surface area contributed by atoms with Crippen molar-refractivity contribution in [2.24, 2.45) is 11.8 Å². The van der Waals surface area contributed by atoms with Crippen molar-refractivity contribution in [3.63, 3.8) is 0 Å². The first-order valence-electron chi connectivity index (χ1n) is 16.7. The molecule has 1 aromatic heterocycles. The van der Waals surface area contributed by atoms with Gasteiger partial charge in [-0.15, -0.1) is 37.2 Å². The van der Waals surface area contributed by atoms with Crippen LogP contribution in [0.4, 0.5) is 4.39 Å². The molecule has 3 aromatic rings. The number of nitrogens with zero attached hydrogens (tertiary/aromatic N) is 4. The molecule has 2 aliphatic rings. The molecular weight excluding hydrogens is 658 g/mol. The topological polar surface area (TPSA) is 61.6 Å². The Morgan fingerprint density at radius 3 is 2.23 bits per heavy atom. The van der Waals surface area contributed by atoms with Crippen molar-refractivity contribution in [3.05, 3.63) is 88.5 Å². The molecule has 0 amide bonds. The standard InChI is InChI=1S/C37H51FN4O2.3ClH/c1-6-26-11-13-27(14-12-26)19-32-22-35(42(7-2)39-32)28-15-17-41(18-16-28)24-30-21-33(40(5)36(25(3)4)37(43)44)23-34(30)29-9-8-10-31(38)20-29;;;/h8-14,20,22,25,28,30,33-34,36H,6-7,15-19,21,23-24H2,1-5H3,(H,43,44);3*1H/t30?,33?,34?,36-;;;/m1.../s1. The molecule has 0 spiro atoms. The monoisotopic (exact) mass is 710 g/mol. The first-order chi connectivity index (χ1) is 21.2. The van der Waals surface area contributed by atoms with Crippen LogP contribution in [-0.4, -0.2) is 69.4 Å². The van der Waals surface area contributed by atoms with Crippen molar-refractivity contribution in [1.82, 2.24) is 19.6 Å². The number of aliphatic carboxylic acids is 1. The molecule has 4 atom stereocenters. The molecule has 1 aliphatic carbocycles. The molecule has 5 rings (SSSR count). The Labute approximate surface area is 299 Å². The zero-order chi connectivity index (χ0) is 31.4. The third-order valence-corrected chi connectivity index (χ3v) is 10.3. The Morgan fingerprint density at radius 1 is 1.00 bits per heavy atom. The molecular formula is C37H54Cl3FN4O2. The van der Waals surface area contributed by atoms with Crippen molar-refractivity contribution in [2.45, 2.75) is 96.7 Å². The summed E-state index contributed by atoms with van der Waals surface area (Å²) in [6, 6.07) is 17.9. The number of hydrogen-bond donors (Lipinski definition) is 1. The third-order valence-electron chi connectivity index (χ3n) is 10.3. The fourth-order valence-electron chi connectivity index (χ4n) is 7.93. The van der Waals surface area contributed by atoms with Gasteiger partial charge in [0, 0.05) is 37.2 Å². The summed E-state index contributed by atoms with van der Waals surface area (Å²) >= 11 is 0. The summed E-state index contributed by atoms with van der Waals surface area (Å²) in [5, 5.41) is 14.9. The van der Waals surface area contributed by atoms with E-state index in [4.69, 9.17) is 5.10 Å². The molecule has 0 bridgehead atoms. The van der Waals surface area contributed by atoms with Gasteiger partial charge in [0.1, 0.15) is 11.9 Å². The second kappa shape index (κ2) is 18.6. The van der Waals surface area contributed by atoms with Gasteiger partial charge in [-0.1, -0.05) is 57.2 Å². The van der Waals surface area contributed by atoms with Crippen LogP contribution in [0.2, 0.25) is 0 Å². The van der Waals surface area contributed by atoms with Gasteiger partial charge in [-0.05, 0) is 112 Å². The van der Waals surface area contributed by atoms with Gasteiger partial charge in [0.15, 0.2) is 0 Å². The predicted molar refractivity (Wildman–Crippen MR) is 196 cm³/mol. The molecule has 262 valence electrons.